The zero-order valence-corrected chi connectivity index (χ0v) is 43.7. The number of allylic oxidation sites excluding steroid dienone is 2. The van der Waals surface area contributed by atoms with Crippen molar-refractivity contribution in [1.82, 2.24) is 0 Å². The first-order valence-electron chi connectivity index (χ1n) is 27.9. The molecule has 384 valence electrons. The minimum Gasteiger partial charge on any atom is -0.477 e. The molecule has 0 aromatic carbocycles. The number of carbonyl (C=O) groups excluding carboxylic acids is 2. The van der Waals surface area contributed by atoms with Crippen molar-refractivity contribution >= 4 is 17.9 Å². The third-order valence-electron chi connectivity index (χ3n) is 12.5. The number of carboxylic acids is 1. The van der Waals surface area contributed by atoms with Crippen molar-refractivity contribution in [2.75, 3.05) is 47.5 Å². The number of rotatable bonds is 52. The van der Waals surface area contributed by atoms with Gasteiger partial charge in [-0.15, -0.1) is 0 Å². The molecule has 0 fully saturated rings. The molecule has 0 bridgehead atoms. The highest BCUT2D eigenvalue weighted by Gasteiger charge is 2.25. The van der Waals surface area contributed by atoms with Crippen LogP contribution in [0.4, 0.5) is 0 Å². The highest BCUT2D eigenvalue weighted by molar-refractivity contribution is 5.71. The van der Waals surface area contributed by atoms with Gasteiger partial charge in [0.2, 0.25) is 0 Å². The summed E-state index contributed by atoms with van der Waals surface area (Å²) in [6.45, 7) is 4.92. The van der Waals surface area contributed by atoms with Gasteiger partial charge in [-0.1, -0.05) is 231 Å². The standard InChI is InChI=1S/C56H107NO8/c1-6-8-10-12-14-16-18-20-21-22-23-24-25-26-27-28-29-30-31-32-33-35-37-39-41-43-45-47-54(59)65-52(51-64-56(55(60)61)62-49-48-57(3,4)5)50-63-53(58)46-44-42-40-38-36-34-19-17-15-13-11-9-7-2/h22-23,52,56H,6-21,24-51H2,1-5H3/p+1/b23-22-. The molecule has 1 N–H and O–H groups in total. The Hall–Kier alpha value is -1.97. The normalized spacial score (nSPS) is 12.8. The van der Waals surface area contributed by atoms with Gasteiger partial charge in [0.05, 0.1) is 34.4 Å². The Bertz CT molecular complexity index is 1070. The SMILES string of the molecule is CCCCCCCCCC/C=C\CCCCCCCCCCCCCCCCCC(=O)OC(COC(=O)CCCCCCCCCCCCCCC)COC(OCC[N+](C)(C)C)C(=O)O. The van der Waals surface area contributed by atoms with Gasteiger partial charge in [0.25, 0.3) is 6.29 Å². The van der Waals surface area contributed by atoms with E-state index in [1.807, 2.05) is 21.1 Å². The molecule has 0 heterocycles. The van der Waals surface area contributed by atoms with E-state index in [-0.39, 0.29) is 38.2 Å². The van der Waals surface area contributed by atoms with Crippen LogP contribution in [0.1, 0.15) is 271 Å². The molecule has 0 aliphatic heterocycles. The number of aliphatic carboxylic acids is 1. The summed E-state index contributed by atoms with van der Waals surface area (Å²) in [7, 11) is 5.97. The fourth-order valence-corrected chi connectivity index (χ4v) is 8.19. The lowest BCUT2D eigenvalue weighted by atomic mass is 10.0. The number of carbonyl (C=O) groups is 3. The Balaban J connectivity index is 4.15. The van der Waals surface area contributed by atoms with Crippen LogP contribution in [-0.2, 0) is 33.3 Å². The van der Waals surface area contributed by atoms with Crippen molar-refractivity contribution in [1.29, 1.82) is 0 Å². The van der Waals surface area contributed by atoms with Gasteiger partial charge in [-0.05, 0) is 38.5 Å². The first-order valence-corrected chi connectivity index (χ1v) is 27.9. The molecule has 0 saturated carbocycles. The van der Waals surface area contributed by atoms with Crippen LogP contribution in [0, 0.1) is 0 Å². The molecule has 0 amide bonds. The number of quaternary nitrogens is 1. The van der Waals surface area contributed by atoms with E-state index in [0.717, 1.165) is 38.5 Å². The largest absolute Gasteiger partial charge is 0.477 e. The maximum atomic E-state index is 12.8. The van der Waals surface area contributed by atoms with Gasteiger partial charge in [0, 0.05) is 12.8 Å². The van der Waals surface area contributed by atoms with Crippen molar-refractivity contribution in [3.05, 3.63) is 12.2 Å². The van der Waals surface area contributed by atoms with Crippen LogP contribution in [0.25, 0.3) is 0 Å². The Morgan fingerprint density at radius 2 is 0.785 bits per heavy atom. The average molecular weight is 923 g/mol. The smallest absolute Gasteiger partial charge is 0.361 e. The van der Waals surface area contributed by atoms with E-state index in [1.165, 1.54) is 205 Å². The third kappa shape index (κ3) is 49.8. The van der Waals surface area contributed by atoms with Crippen molar-refractivity contribution in [3.63, 3.8) is 0 Å². The number of ether oxygens (including phenoxy) is 4. The molecule has 2 unspecified atom stereocenters. The molecular weight excluding hydrogens is 815 g/mol. The lowest BCUT2D eigenvalue weighted by Crippen LogP contribution is -2.40. The first-order chi connectivity index (χ1) is 31.6. The summed E-state index contributed by atoms with van der Waals surface area (Å²) in [5.41, 5.74) is 0. The van der Waals surface area contributed by atoms with E-state index in [9.17, 15) is 19.5 Å². The van der Waals surface area contributed by atoms with Gasteiger partial charge < -0.3 is 28.5 Å². The van der Waals surface area contributed by atoms with Crippen LogP contribution in [0.3, 0.4) is 0 Å². The zero-order chi connectivity index (χ0) is 47.7. The van der Waals surface area contributed by atoms with Crippen LogP contribution >= 0.6 is 0 Å². The van der Waals surface area contributed by atoms with Crippen LogP contribution < -0.4 is 0 Å². The lowest BCUT2D eigenvalue weighted by Gasteiger charge is -2.25. The van der Waals surface area contributed by atoms with Crippen LogP contribution in [-0.4, -0.2) is 87.4 Å². The van der Waals surface area contributed by atoms with Gasteiger partial charge in [0.1, 0.15) is 13.2 Å². The third-order valence-corrected chi connectivity index (χ3v) is 12.5. The first kappa shape index (κ1) is 63.0. The fraction of sp³-hybridized carbons (Fsp3) is 0.911. The van der Waals surface area contributed by atoms with Crippen molar-refractivity contribution in [3.8, 4) is 0 Å². The van der Waals surface area contributed by atoms with E-state index in [0.29, 0.717) is 17.4 Å². The van der Waals surface area contributed by atoms with E-state index >= 15 is 0 Å². The lowest BCUT2D eigenvalue weighted by molar-refractivity contribution is -0.870. The minimum atomic E-state index is -1.50. The predicted molar refractivity (Wildman–Crippen MR) is 272 cm³/mol. The number of hydrogen-bond donors (Lipinski definition) is 1. The number of carboxylic acid groups (broad SMARTS) is 1. The number of hydrogen-bond acceptors (Lipinski definition) is 7. The molecule has 9 heteroatoms. The second kappa shape index (κ2) is 48.5. The molecule has 0 aromatic heterocycles. The molecule has 65 heavy (non-hydrogen) atoms. The van der Waals surface area contributed by atoms with E-state index in [1.54, 1.807) is 0 Å². The van der Waals surface area contributed by atoms with E-state index in [4.69, 9.17) is 18.9 Å². The summed E-state index contributed by atoms with van der Waals surface area (Å²) in [5, 5.41) is 9.67. The fourth-order valence-electron chi connectivity index (χ4n) is 8.19. The van der Waals surface area contributed by atoms with Crippen molar-refractivity contribution < 1.29 is 42.9 Å². The number of nitrogens with zero attached hydrogens (tertiary/aromatic N) is 1. The number of esters is 2. The number of unbranched alkanes of at least 4 members (excludes halogenated alkanes) is 35. The molecule has 0 aliphatic carbocycles. The summed E-state index contributed by atoms with van der Waals surface area (Å²) in [6.07, 6.45) is 51.5. The monoisotopic (exact) mass is 923 g/mol. The van der Waals surface area contributed by atoms with Gasteiger partial charge in [0.15, 0.2) is 6.10 Å². The molecule has 2 atom stereocenters. The highest BCUT2D eigenvalue weighted by atomic mass is 16.7. The summed E-state index contributed by atoms with van der Waals surface area (Å²) in [4.78, 5) is 37.3. The molecule has 0 rings (SSSR count). The minimum absolute atomic E-state index is 0.175. The average Bonchev–Trinajstić information content (AvgIpc) is 3.27. The van der Waals surface area contributed by atoms with Crippen LogP contribution in [0.5, 0.6) is 0 Å². The predicted octanol–water partition coefficient (Wildman–Crippen LogP) is 15.8. The zero-order valence-electron chi connectivity index (χ0n) is 43.7. The molecule has 0 radical (unpaired) electrons. The Labute approximate surface area is 402 Å². The number of likely N-dealkylation sites (N-methyl/N-ethyl adjacent to an activating group) is 1. The van der Waals surface area contributed by atoms with E-state index in [2.05, 4.69) is 26.0 Å². The molecular formula is C56H108NO8+. The van der Waals surface area contributed by atoms with E-state index < -0.39 is 18.4 Å². The second-order valence-electron chi connectivity index (χ2n) is 20.3. The van der Waals surface area contributed by atoms with Gasteiger partial charge in [-0.3, -0.25) is 9.59 Å². The molecule has 0 spiro atoms. The Kier molecular flexibility index (Phi) is 47.0. The molecule has 0 saturated heterocycles. The summed E-state index contributed by atoms with van der Waals surface area (Å²) in [6, 6.07) is 0. The topological polar surface area (TPSA) is 108 Å². The molecule has 0 aromatic rings. The Morgan fingerprint density at radius 3 is 1.14 bits per heavy atom. The van der Waals surface area contributed by atoms with Crippen molar-refractivity contribution in [2.24, 2.45) is 0 Å². The highest BCUT2D eigenvalue weighted by Crippen LogP contribution is 2.17. The molecule has 0 aliphatic rings. The summed E-state index contributed by atoms with van der Waals surface area (Å²) in [5.74, 6) is -1.98. The second-order valence-corrected chi connectivity index (χ2v) is 20.3. The quantitative estimate of drug-likeness (QED) is 0.0211. The molecule has 9 nitrogen and oxygen atoms in total. The maximum absolute atomic E-state index is 12.8. The summed E-state index contributed by atoms with van der Waals surface area (Å²) < 4.78 is 22.8. The van der Waals surface area contributed by atoms with Crippen LogP contribution in [0.15, 0.2) is 12.2 Å². The summed E-state index contributed by atoms with van der Waals surface area (Å²) >= 11 is 0. The Morgan fingerprint density at radius 1 is 0.446 bits per heavy atom. The maximum Gasteiger partial charge on any atom is 0.361 e. The van der Waals surface area contributed by atoms with Gasteiger partial charge in [-0.2, -0.15) is 0 Å². The van der Waals surface area contributed by atoms with Crippen LogP contribution in [0.2, 0.25) is 0 Å². The van der Waals surface area contributed by atoms with Gasteiger partial charge >= 0.3 is 17.9 Å². The van der Waals surface area contributed by atoms with Crippen molar-refractivity contribution in [2.45, 2.75) is 283 Å². The van der Waals surface area contributed by atoms with Gasteiger partial charge in [-0.25, -0.2) is 4.79 Å².